The van der Waals surface area contributed by atoms with Crippen molar-refractivity contribution in [1.29, 1.82) is 0 Å². The predicted molar refractivity (Wildman–Crippen MR) is 59.2 cm³/mol. The summed E-state index contributed by atoms with van der Waals surface area (Å²) in [6, 6.07) is 9.75. The van der Waals surface area contributed by atoms with Crippen LogP contribution >= 0.6 is 0 Å². The van der Waals surface area contributed by atoms with Crippen LogP contribution in [0.15, 0.2) is 30.3 Å². The Morgan fingerprint density at radius 1 is 1.13 bits per heavy atom. The van der Waals surface area contributed by atoms with Gasteiger partial charge in [-0.3, -0.25) is 4.68 Å². The van der Waals surface area contributed by atoms with Crippen LogP contribution in [0.4, 0.5) is 0 Å². The van der Waals surface area contributed by atoms with Crippen LogP contribution < -0.4 is 4.74 Å². The van der Waals surface area contributed by atoms with Crippen LogP contribution in [-0.2, 0) is 7.05 Å². The van der Waals surface area contributed by atoms with Gasteiger partial charge in [-0.2, -0.15) is 5.10 Å². The third-order valence-corrected chi connectivity index (χ3v) is 2.41. The SMILES string of the molecule is Cc1nn(C)c(C)c1Oc1ccccc1. The van der Waals surface area contributed by atoms with Crippen molar-refractivity contribution in [3.63, 3.8) is 0 Å². The molecule has 3 nitrogen and oxygen atoms in total. The summed E-state index contributed by atoms with van der Waals surface area (Å²) in [5, 5.41) is 4.30. The van der Waals surface area contributed by atoms with E-state index in [1.807, 2.05) is 55.9 Å². The van der Waals surface area contributed by atoms with Gasteiger partial charge in [-0.15, -0.1) is 0 Å². The van der Waals surface area contributed by atoms with Gasteiger partial charge in [-0.25, -0.2) is 0 Å². The summed E-state index contributed by atoms with van der Waals surface area (Å²) in [5.74, 6) is 1.69. The Kier molecular flexibility index (Phi) is 2.46. The lowest BCUT2D eigenvalue weighted by Gasteiger charge is -2.05. The van der Waals surface area contributed by atoms with Crippen LogP contribution in [0.1, 0.15) is 11.4 Å². The molecule has 3 heteroatoms. The molecule has 2 aromatic rings. The van der Waals surface area contributed by atoms with E-state index in [-0.39, 0.29) is 0 Å². The molecule has 1 aromatic carbocycles. The molecule has 0 bridgehead atoms. The van der Waals surface area contributed by atoms with Gasteiger partial charge in [0.05, 0.1) is 5.69 Å². The van der Waals surface area contributed by atoms with Crippen LogP contribution in [0, 0.1) is 13.8 Å². The number of rotatable bonds is 2. The fourth-order valence-corrected chi connectivity index (χ4v) is 1.51. The highest BCUT2D eigenvalue weighted by atomic mass is 16.5. The number of para-hydroxylation sites is 1. The Hall–Kier alpha value is -1.77. The maximum absolute atomic E-state index is 5.78. The van der Waals surface area contributed by atoms with E-state index >= 15 is 0 Å². The number of hydrogen-bond acceptors (Lipinski definition) is 2. The van der Waals surface area contributed by atoms with Crippen molar-refractivity contribution in [3.8, 4) is 11.5 Å². The Labute approximate surface area is 89.3 Å². The second kappa shape index (κ2) is 3.77. The molecule has 1 aromatic heterocycles. The van der Waals surface area contributed by atoms with E-state index in [2.05, 4.69) is 5.10 Å². The fourth-order valence-electron chi connectivity index (χ4n) is 1.51. The van der Waals surface area contributed by atoms with E-state index < -0.39 is 0 Å². The molecule has 0 radical (unpaired) electrons. The van der Waals surface area contributed by atoms with E-state index in [0.29, 0.717) is 0 Å². The molecule has 15 heavy (non-hydrogen) atoms. The maximum Gasteiger partial charge on any atom is 0.171 e. The lowest BCUT2D eigenvalue weighted by atomic mass is 10.3. The average Bonchev–Trinajstić information content (AvgIpc) is 2.47. The molecule has 0 unspecified atom stereocenters. The summed E-state index contributed by atoms with van der Waals surface area (Å²) in [5.41, 5.74) is 1.95. The molecule has 0 atom stereocenters. The second-order valence-electron chi connectivity index (χ2n) is 3.54. The zero-order valence-corrected chi connectivity index (χ0v) is 9.19. The molecular weight excluding hydrogens is 188 g/mol. The Morgan fingerprint density at radius 3 is 2.33 bits per heavy atom. The van der Waals surface area contributed by atoms with Gasteiger partial charge < -0.3 is 4.74 Å². The molecule has 2 rings (SSSR count). The number of nitrogens with zero attached hydrogens (tertiary/aromatic N) is 2. The van der Waals surface area contributed by atoms with Crippen LogP contribution in [-0.4, -0.2) is 9.78 Å². The van der Waals surface area contributed by atoms with Crippen LogP contribution in [0.3, 0.4) is 0 Å². The summed E-state index contributed by atoms with van der Waals surface area (Å²) in [4.78, 5) is 0. The van der Waals surface area contributed by atoms with E-state index in [1.165, 1.54) is 0 Å². The molecule has 0 aliphatic carbocycles. The van der Waals surface area contributed by atoms with Crippen LogP contribution in [0.2, 0.25) is 0 Å². The van der Waals surface area contributed by atoms with Crippen molar-refractivity contribution in [1.82, 2.24) is 9.78 Å². The Morgan fingerprint density at radius 2 is 1.80 bits per heavy atom. The lowest BCUT2D eigenvalue weighted by Crippen LogP contribution is -1.93. The van der Waals surface area contributed by atoms with Crippen molar-refractivity contribution < 1.29 is 4.74 Å². The first kappa shape index (κ1) is 9.77. The van der Waals surface area contributed by atoms with Crippen LogP contribution in [0.5, 0.6) is 11.5 Å². The minimum atomic E-state index is 0.844. The number of hydrogen-bond donors (Lipinski definition) is 0. The largest absolute Gasteiger partial charge is 0.453 e. The lowest BCUT2D eigenvalue weighted by molar-refractivity contribution is 0.474. The van der Waals surface area contributed by atoms with Crippen molar-refractivity contribution in [2.45, 2.75) is 13.8 Å². The molecule has 0 aliphatic rings. The first-order chi connectivity index (χ1) is 7.18. The van der Waals surface area contributed by atoms with Gasteiger partial charge in [-0.05, 0) is 26.0 Å². The zero-order valence-electron chi connectivity index (χ0n) is 9.19. The van der Waals surface area contributed by atoms with E-state index in [4.69, 9.17) is 4.74 Å². The van der Waals surface area contributed by atoms with Gasteiger partial charge in [0.1, 0.15) is 11.4 Å². The highest BCUT2D eigenvalue weighted by Crippen LogP contribution is 2.27. The Balaban J connectivity index is 2.32. The number of aryl methyl sites for hydroxylation is 2. The third-order valence-electron chi connectivity index (χ3n) is 2.41. The Bertz CT molecular complexity index is 460. The smallest absolute Gasteiger partial charge is 0.171 e. The zero-order chi connectivity index (χ0) is 10.8. The van der Waals surface area contributed by atoms with Crippen molar-refractivity contribution in [2.75, 3.05) is 0 Å². The molecule has 0 N–H and O–H groups in total. The summed E-state index contributed by atoms with van der Waals surface area (Å²) in [6.45, 7) is 3.95. The maximum atomic E-state index is 5.78. The molecule has 0 amide bonds. The van der Waals surface area contributed by atoms with Gasteiger partial charge in [0, 0.05) is 7.05 Å². The number of benzene rings is 1. The quantitative estimate of drug-likeness (QED) is 0.748. The standard InChI is InChI=1S/C12H14N2O/c1-9-12(10(2)14(3)13-9)15-11-7-5-4-6-8-11/h4-8H,1-3H3. The summed E-state index contributed by atoms with van der Waals surface area (Å²) < 4.78 is 7.60. The van der Waals surface area contributed by atoms with E-state index in [9.17, 15) is 0 Å². The topological polar surface area (TPSA) is 27.1 Å². The van der Waals surface area contributed by atoms with Gasteiger partial charge in [0.2, 0.25) is 0 Å². The fraction of sp³-hybridized carbons (Fsp3) is 0.250. The van der Waals surface area contributed by atoms with Gasteiger partial charge >= 0.3 is 0 Å². The third kappa shape index (κ3) is 1.86. The summed E-state index contributed by atoms with van der Waals surface area (Å²) in [7, 11) is 1.92. The van der Waals surface area contributed by atoms with E-state index in [1.54, 1.807) is 0 Å². The minimum absolute atomic E-state index is 0.844. The first-order valence-corrected chi connectivity index (χ1v) is 4.91. The van der Waals surface area contributed by atoms with Crippen molar-refractivity contribution in [3.05, 3.63) is 41.7 Å². The molecule has 78 valence electrons. The molecule has 0 spiro atoms. The number of aromatic nitrogens is 2. The molecule has 0 saturated heterocycles. The van der Waals surface area contributed by atoms with E-state index in [0.717, 1.165) is 22.9 Å². The molecule has 0 aliphatic heterocycles. The summed E-state index contributed by atoms with van der Waals surface area (Å²) >= 11 is 0. The van der Waals surface area contributed by atoms with Crippen molar-refractivity contribution >= 4 is 0 Å². The van der Waals surface area contributed by atoms with Crippen molar-refractivity contribution in [2.24, 2.45) is 7.05 Å². The van der Waals surface area contributed by atoms with Gasteiger partial charge in [-0.1, -0.05) is 18.2 Å². The second-order valence-corrected chi connectivity index (χ2v) is 3.54. The molecule has 0 fully saturated rings. The summed E-state index contributed by atoms with van der Waals surface area (Å²) in [6.07, 6.45) is 0. The molecular formula is C12H14N2O. The normalized spacial score (nSPS) is 10.3. The highest BCUT2D eigenvalue weighted by Gasteiger charge is 2.10. The first-order valence-electron chi connectivity index (χ1n) is 4.91. The average molecular weight is 202 g/mol. The highest BCUT2D eigenvalue weighted by molar-refractivity contribution is 5.37. The predicted octanol–water partition coefficient (Wildman–Crippen LogP) is 2.83. The van der Waals surface area contributed by atoms with Gasteiger partial charge in [0.25, 0.3) is 0 Å². The molecule has 1 heterocycles. The minimum Gasteiger partial charge on any atom is -0.453 e. The number of ether oxygens (including phenoxy) is 1. The molecule has 0 saturated carbocycles. The van der Waals surface area contributed by atoms with Gasteiger partial charge in [0.15, 0.2) is 5.75 Å². The monoisotopic (exact) mass is 202 g/mol. The van der Waals surface area contributed by atoms with Crippen LogP contribution in [0.25, 0.3) is 0 Å².